The van der Waals surface area contributed by atoms with Crippen LogP contribution < -0.4 is 11.1 Å². The summed E-state index contributed by atoms with van der Waals surface area (Å²) in [6.45, 7) is 2.22. The maximum atomic E-state index is 13.1. The maximum Gasteiger partial charge on any atom is 0.328 e. The Bertz CT molecular complexity index is 1110. The minimum atomic E-state index is -1.07. The van der Waals surface area contributed by atoms with Crippen molar-refractivity contribution in [2.24, 2.45) is 5.73 Å². The van der Waals surface area contributed by atoms with Gasteiger partial charge in [-0.25, -0.2) is 4.79 Å². The fourth-order valence-corrected chi connectivity index (χ4v) is 4.85. The number of rotatable bonds is 22. The molecule has 2 amide bonds. The Morgan fingerprint density at radius 1 is 0.902 bits per heavy atom. The Labute approximate surface area is 243 Å². The van der Waals surface area contributed by atoms with Gasteiger partial charge in [0.15, 0.2) is 0 Å². The van der Waals surface area contributed by atoms with Crippen LogP contribution in [-0.4, -0.2) is 46.0 Å². The number of esters is 1. The van der Waals surface area contributed by atoms with E-state index in [9.17, 15) is 19.2 Å². The molecule has 0 saturated carbocycles. The van der Waals surface area contributed by atoms with Gasteiger partial charge in [-0.1, -0.05) is 89.3 Å². The van der Waals surface area contributed by atoms with E-state index in [2.05, 4.69) is 17.2 Å². The number of amides is 2. The summed E-state index contributed by atoms with van der Waals surface area (Å²) in [5, 5.41) is 12.5. The number of fused-ring (bicyclic) bond motifs is 1. The first-order valence-electron chi connectivity index (χ1n) is 15.2. The quantitative estimate of drug-likeness (QED) is 0.115. The van der Waals surface area contributed by atoms with Crippen molar-refractivity contribution < 1.29 is 29.0 Å². The van der Waals surface area contributed by atoms with E-state index in [1.165, 1.54) is 51.1 Å². The second-order valence-electron chi connectivity index (χ2n) is 10.8. The van der Waals surface area contributed by atoms with Crippen molar-refractivity contribution in [1.29, 1.82) is 0 Å². The Kier molecular flexibility index (Phi) is 16.1. The van der Waals surface area contributed by atoms with Gasteiger partial charge in [-0.05, 0) is 37.8 Å². The number of ether oxygens (including phenoxy) is 1. The Balaban J connectivity index is 1.90. The fraction of sp³-hybridized carbons (Fsp3) is 0.594. The lowest BCUT2D eigenvalue weighted by molar-refractivity contribution is -0.153. The van der Waals surface area contributed by atoms with Crippen LogP contribution in [0, 0.1) is 0 Å². The van der Waals surface area contributed by atoms with Crippen LogP contribution >= 0.6 is 0 Å². The van der Waals surface area contributed by atoms with E-state index in [4.69, 9.17) is 15.6 Å². The maximum absolute atomic E-state index is 13.1. The lowest BCUT2D eigenvalue weighted by Crippen LogP contribution is -2.43. The number of carboxylic acids is 1. The summed E-state index contributed by atoms with van der Waals surface area (Å²) in [5.74, 6) is -2.78. The number of hydrogen-bond donors (Lipinski definition) is 3. The number of carboxylic acid groups (broad SMARTS) is 1. The van der Waals surface area contributed by atoms with Crippen molar-refractivity contribution >= 4 is 34.7 Å². The molecular weight excluding hydrogens is 522 g/mol. The minimum Gasteiger partial charge on any atom is -0.481 e. The zero-order valence-electron chi connectivity index (χ0n) is 24.4. The van der Waals surface area contributed by atoms with Crippen molar-refractivity contribution in [3.05, 3.63) is 42.1 Å². The second-order valence-corrected chi connectivity index (χ2v) is 10.8. The molecule has 0 fully saturated rings. The van der Waals surface area contributed by atoms with E-state index in [-0.39, 0.29) is 31.2 Å². The second kappa shape index (κ2) is 19.6. The molecule has 0 aliphatic carbocycles. The van der Waals surface area contributed by atoms with Gasteiger partial charge in [-0.15, -0.1) is 0 Å². The standard InChI is InChI=1S/C32H47N3O6/c1-2-3-4-5-6-7-8-9-10-11-12-17-26(22-29(33)36)41-32(40)28(19-15-20-30(37)38)35-31(39)25-21-24-16-13-14-18-27(24)34-23-25/h13-14,16,18,21,23,26,28H,2-12,15,17,19-20,22H2,1H3,(H2,33,36)(H,35,39)(H,37,38). The van der Waals surface area contributed by atoms with Crippen molar-refractivity contribution in [2.45, 2.75) is 122 Å². The third-order valence-corrected chi connectivity index (χ3v) is 7.17. The number of para-hydroxylation sites is 1. The predicted molar refractivity (Wildman–Crippen MR) is 159 cm³/mol. The number of hydrogen-bond acceptors (Lipinski definition) is 6. The van der Waals surface area contributed by atoms with Crippen LogP contribution in [0.1, 0.15) is 120 Å². The summed E-state index contributed by atoms with van der Waals surface area (Å²) < 4.78 is 5.66. The first kappa shape index (κ1) is 33.7. The summed E-state index contributed by atoms with van der Waals surface area (Å²) in [6.07, 6.45) is 14.2. The predicted octanol–water partition coefficient (Wildman–Crippen LogP) is 6.08. The molecule has 0 bridgehead atoms. The molecule has 0 aliphatic heterocycles. The minimum absolute atomic E-state index is 0.0830. The summed E-state index contributed by atoms with van der Waals surface area (Å²) in [4.78, 5) is 53.1. The summed E-state index contributed by atoms with van der Waals surface area (Å²) in [5.41, 5.74) is 6.42. The van der Waals surface area contributed by atoms with E-state index >= 15 is 0 Å². The molecule has 226 valence electrons. The van der Waals surface area contributed by atoms with Gasteiger partial charge in [0, 0.05) is 18.0 Å². The fourth-order valence-electron chi connectivity index (χ4n) is 4.85. The number of nitrogens with zero attached hydrogens (tertiary/aromatic N) is 1. The summed E-state index contributed by atoms with van der Waals surface area (Å²) in [6, 6.07) is 7.97. The lowest BCUT2D eigenvalue weighted by Gasteiger charge is -2.22. The average Bonchev–Trinajstić information content (AvgIpc) is 2.94. The molecule has 2 unspecified atom stereocenters. The van der Waals surface area contributed by atoms with Crippen LogP contribution in [0.4, 0.5) is 0 Å². The van der Waals surface area contributed by atoms with Gasteiger partial charge >= 0.3 is 11.9 Å². The number of nitrogens with one attached hydrogen (secondary N) is 1. The summed E-state index contributed by atoms with van der Waals surface area (Å²) in [7, 11) is 0. The van der Waals surface area contributed by atoms with E-state index in [0.29, 0.717) is 6.42 Å². The topological polar surface area (TPSA) is 149 Å². The van der Waals surface area contributed by atoms with Gasteiger partial charge in [0.2, 0.25) is 5.91 Å². The molecule has 1 aromatic carbocycles. The van der Waals surface area contributed by atoms with Gasteiger partial charge in [0.1, 0.15) is 12.1 Å². The number of carbonyl (C=O) groups is 4. The molecule has 1 heterocycles. The average molecular weight is 570 g/mol. The lowest BCUT2D eigenvalue weighted by atomic mass is 10.0. The molecule has 1 aromatic heterocycles. The molecule has 9 heteroatoms. The number of benzene rings is 1. The number of primary amides is 1. The summed E-state index contributed by atoms with van der Waals surface area (Å²) >= 11 is 0. The van der Waals surface area contributed by atoms with Crippen LogP contribution in [0.25, 0.3) is 10.9 Å². The van der Waals surface area contributed by atoms with Crippen molar-refractivity contribution in [2.75, 3.05) is 0 Å². The van der Waals surface area contributed by atoms with Crippen molar-refractivity contribution in [3.63, 3.8) is 0 Å². The van der Waals surface area contributed by atoms with Crippen LogP contribution in [0.3, 0.4) is 0 Å². The number of carbonyl (C=O) groups excluding carboxylic acids is 3. The highest BCUT2D eigenvalue weighted by atomic mass is 16.5. The smallest absolute Gasteiger partial charge is 0.328 e. The molecular formula is C32H47N3O6. The highest BCUT2D eigenvalue weighted by Gasteiger charge is 2.27. The van der Waals surface area contributed by atoms with E-state index in [1.807, 2.05) is 24.3 Å². The number of unbranched alkanes of at least 4 members (excludes halogenated alkanes) is 10. The number of pyridine rings is 1. The third kappa shape index (κ3) is 14.1. The van der Waals surface area contributed by atoms with E-state index < -0.39 is 35.9 Å². The Hall–Kier alpha value is -3.49. The van der Waals surface area contributed by atoms with E-state index in [0.717, 1.165) is 36.6 Å². The Morgan fingerprint density at radius 2 is 1.54 bits per heavy atom. The van der Waals surface area contributed by atoms with E-state index in [1.54, 1.807) is 6.07 Å². The van der Waals surface area contributed by atoms with Crippen molar-refractivity contribution in [3.8, 4) is 0 Å². The molecule has 0 saturated heterocycles. The number of nitrogens with two attached hydrogens (primary N) is 1. The first-order chi connectivity index (χ1) is 19.8. The molecule has 2 atom stereocenters. The van der Waals surface area contributed by atoms with Crippen molar-refractivity contribution in [1.82, 2.24) is 10.3 Å². The van der Waals surface area contributed by atoms with Crippen LogP contribution in [-0.2, 0) is 19.1 Å². The molecule has 0 aliphatic rings. The highest BCUT2D eigenvalue weighted by Crippen LogP contribution is 2.17. The molecule has 2 aromatic rings. The zero-order valence-corrected chi connectivity index (χ0v) is 24.4. The number of aliphatic carboxylic acids is 1. The zero-order chi connectivity index (χ0) is 29.9. The molecule has 4 N–H and O–H groups in total. The largest absolute Gasteiger partial charge is 0.481 e. The Morgan fingerprint density at radius 3 is 2.17 bits per heavy atom. The molecule has 9 nitrogen and oxygen atoms in total. The molecule has 0 radical (unpaired) electrons. The number of aromatic nitrogens is 1. The molecule has 2 rings (SSSR count). The monoisotopic (exact) mass is 569 g/mol. The highest BCUT2D eigenvalue weighted by molar-refractivity contribution is 5.99. The first-order valence-corrected chi connectivity index (χ1v) is 15.2. The van der Waals surface area contributed by atoms with Crippen LogP contribution in [0.5, 0.6) is 0 Å². The third-order valence-electron chi connectivity index (χ3n) is 7.17. The van der Waals surface area contributed by atoms with Crippen LogP contribution in [0.2, 0.25) is 0 Å². The normalized spacial score (nSPS) is 12.5. The van der Waals surface area contributed by atoms with Gasteiger partial charge < -0.3 is 20.9 Å². The van der Waals surface area contributed by atoms with Gasteiger partial charge in [-0.3, -0.25) is 19.4 Å². The molecule has 41 heavy (non-hydrogen) atoms. The van der Waals surface area contributed by atoms with Gasteiger partial charge in [-0.2, -0.15) is 0 Å². The van der Waals surface area contributed by atoms with Gasteiger partial charge in [0.25, 0.3) is 5.91 Å². The van der Waals surface area contributed by atoms with Gasteiger partial charge in [0.05, 0.1) is 17.5 Å². The molecule has 0 spiro atoms. The van der Waals surface area contributed by atoms with Crippen LogP contribution in [0.15, 0.2) is 36.5 Å². The SMILES string of the molecule is CCCCCCCCCCCCCC(CC(N)=O)OC(=O)C(CCCC(=O)O)NC(=O)c1cnc2ccccc2c1.